The molecule has 0 aliphatic heterocycles. The molecule has 2 nitrogen and oxygen atoms in total. The summed E-state index contributed by atoms with van der Waals surface area (Å²) >= 11 is 0. The number of methoxy groups -OCH3 is 1. The fourth-order valence-corrected chi connectivity index (χ4v) is 1.82. The summed E-state index contributed by atoms with van der Waals surface area (Å²) in [5.74, 6) is 0. The van der Waals surface area contributed by atoms with Crippen LogP contribution in [0.5, 0.6) is 0 Å². The summed E-state index contributed by atoms with van der Waals surface area (Å²) < 4.78 is 5.55. The van der Waals surface area contributed by atoms with Gasteiger partial charge in [0, 0.05) is 13.2 Å². The minimum atomic E-state index is 0.237. The van der Waals surface area contributed by atoms with E-state index >= 15 is 0 Å². The molecule has 0 heterocycles. The lowest BCUT2D eigenvalue weighted by atomic mass is 9.77. The molecule has 1 N–H and O–H groups in total. The molecule has 0 saturated heterocycles. The molecule has 1 aliphatic rings. The number of rotatable bonds is 6. The van der Waals surface area contributed by atoms with Crippen LogP contribution in [0.1, 0.15) is 46.0 Å². The second-order valence-corrected chi connectivity index (χ2v) is 4.25. The third-order valence-corrected chi connectivity index (χ3v) is 3.38. The van der Waals surface area contributed by atoms with Crippen molar-refractivity contribution in [2.24, 2.45) is 0 Å². The zero-order valence-corrected chi connectivity index (χ0v) is 9.23. The Labute approximate surface area is 82.0 Å². The summed E-state index contributed by atoms with van der Waals surface area (Å²) in [5, 5.41) is 3.51. The predicted molar refractivity (Wildman–Crippen MR) is 56.0 cm³/mol. The SMILES string of the molecule is CCC(C)NCCC1(OC)CCC1. The fourth-order valence-electron chi connectivity index (χ4n) is 1.82. The molecule has 0 radical (unpaired) electrons. The summed E-state index contributed by atoms with van der Waals surface area (Å²) in [6.07, 6.45) is 6.24. The Hall–Kier alpha value is -0.0800. The predicted octanol–water partition coefficient (Wildman–Crippen LogP) is 2.33. The van der Waals surface area contributed by atoms with Gasteiger partial charge in [-0.25, -0.2) is 0 Å². The Balaban J connectivity index is 2.10. The summed E-state index contributed by atoms with van der Waals surface area (Å²) in [4.78, 5) is 0. The van der Waals surface area contributed by atoms with Gasteiger partial charge in [-0.3, -0.25) is 0 Å². The molecule has 0 aromatic rings. The van der Waals surface area contributed by atoms with E-state index in [9.17, 15) is 0 Å². The molecule has 2 heteroatoms. The first-order valence-electron chi connectivity index (χ1n) is 5.51. The quantitative estimate of drug-likeness (QED) is 0.686. The highest BCUT2D eigenvalue weighted by molar-refractivity contribution is 4.89. The molecule has 78 valence electrons. The van der Waals surface area contributed by atoms with Crippen molar-refractivity contribution in [3.8, 4) is 0 Å². The molecule has 0 aromatic heterocycles. The van der Waals surface area contributed by atoms with E-state index in [1.807, 2.05) is 7.11 Å². The van der Waals surface area contributed by atoms with Crippen LogP contribution in [0.15, 0.2) is 0 Å². The third-order valence-electron chi connectivity index (χ3n) is 3.38. The number of hydrogen-bond donors (Lipinski definition) is 1. The smallest absolute Gasteiger partial charge is 0.0690 e. The summed E-state index contributed by atoms with van der Waals surface area (Å²) in [7, 11) is 1.85. The summed E-state index contributed by atoms with van der Waals surface area (Å²) in [5.41, 5.74) is 0.237. The van der Waals surface area contributed by atoms with Crippen LogP contribution in [0, 0.1) is 0 Å². The van der Waals surface area contributed by atoms with Crippen LogP contribution in [0.4, 0.5) is 0 Å². The molecule has 0 spiro atoms. The van der Waals surface area contributed by atoms with Crippen molar-refractivity contribution in [1.82, 2.24) is 5.32 Å². The lowest BCUT2D eigenvalue weighted by molar-refractivity contribution is -0.0770. The van der Waals surface area contributed by atoms with Gasteiger partial charge in [0.25, 0.3) is 0 Å². The molecule has 1 aliphatic carbocycles. The van der Waals surface area contributed by atoms with E-state index in [1.54, 1.807) is 0 Å². The Morgan fingerprint density at radius 3 is 2.54 bits per heavy atom. The van der Waals surface area contributed by atoms with Gasteiger partial charge in [-0.2, -0.15) is 0 Å². The second-order valence-electron chi connectivity index (χ2n) is 4.25. The van der Waals surface area contributed by atoms with Crippen molar-refractivity contribution in [3.63, 3.8) is 0 Å². The topological polar surface area (TPSA) is 21.3 Å². The first-order chi connectivity index (χ1) is 6.22. The first-order valence-corrected chi connectivity index (χ1v) is 5.51. The maximum atomic E-state index is 5.55. The molecule has 0 bridgehead atoms. The van der Waals surface area contributed by atoms with Crippen molar-refractivity contribution < 1.29 is 4.74 Å². The molecular formula is C11H23NO. The van der Waals surface area contributed by atoms with E-state index in [1.165, 1.54) is 32.1 Å². The monoisotopic (exact) mass is 185 g/mol. The van der Waals surface area contributed by atoms with E-state index in [4.69, 9.17) is 4.74 Å². The van der Waals surface area contributed by atoms with Gasteiger partial charge in [-0.15, -0.1) is 0 Å². The molecule has 0 aromatic carbocycles. The highest BCUT2D eigenvalue weighted by Gasteiger charge is 2.36. The van der Waals surface area contributed by atoms with Gasteiger partial charge < -0.3 is 10.1 Å². The van der Waals surface area contributed by atoms with Crippen LogP contribution in [-0.2, 0) is 4.74 Å². The molecular weight excluding hydrogens is 162 g/mol. The fraction of sp³-hybridized carbons (Fsp3) is 1.00. The van der Waals surface area contributed by atoms with Gasteiger partial charge in [0.2, 0.25) is 0 Å². The lowest BCUT2D eigenvalue weighted by Crippen LogP contribution is -2.42. The Bertz CT molecular complexity index is 138. The standard InChI is InChI=1S/C11H23NO/c1-4-10(2)12-9-8-11(13-3)6-5-7-11/h10,12H,4-9H2,1-3H3. The van der Waals surface area contributed by atoms with E-state index in [2.05, 4.69) is 19.2 Å². The van der Waals surface area contributed by atoms with Crippen molar-refractivity contribution in [2.75, 3.05) is 13.7 Å². The number of hydrogen-bond acceptors (Lipinski definition) is 2. The average molecular weight is 185 g/mol. The third kappa shape index (κ3) is 2.96. The van der Waals surface area contributed by atoms with E-state index in [-0.39, 0.29) is 5.60 Å². The molecule has 1 unspecified atom stereocenters. The van der Waals surface area contributed by atoms with Crippen LogP contribution in [0.2, 0.25) is 0 Å². The van der Waals surface area contributed by atoms with Crippen molar-refractivity contribution in [2.45, 2.75) is 57.6 Å². The maximum Gasteiger partial charge on any atom is 0.0690 e. The molecule has 13 heavy (non-hydrogen) atoms. The van der Waals surface area contributed by atoms with E-state index in [0.717, 1.165) is 6.54 Å². The Kier molecular flexibility index (Phi) is 4.20. The van der Waals surface area contributed by atoms with Crippen molar-refractivity contribution >= 4 is 0 Å². The number of ether oxygens (including phenoxy) is 1. The second kappa shape index (κ2) is 4.97. The highest BCUT2D eigenvalue weighted by atomic mass is 16.5. The van der Waals surface area contributed by atoms with Gasteiger partial charge in [0.1, 0.15) is 0 Å². The highest BCUT2D eigenvalue weighted by Crippen LogP contribution is 2.37. The average Bonchev–Trinajstić information content (AvgIpc) is 2.09. The normalized spacial score (nSPS) is 22.4. The van der Waals surface area contributed by atoms with Gasteiger partial charge in [-0.1, -0.05) is 6.92 Å². The Morgan fingerprint density at radius 2 is 2.15 bits per heavy atom. The van der Waals surface area contributed by atoms with E-state index in [0.29, 0.717) is 6.04 Å². The van der Waals surface area contributed by atoms with Gasteiger partial charge in [0.05, 0.1) is 5.60 Å². The Morgan fingerprint density at radius 1 is 1.46 bits per heavy atom. The van der Waals surface area contributed by atoms with Gasteiger partial charge in [0.15, 0.2) is 0 Å². The minimum Gasteiger partial charge on any atom is -0.378 e. The molecule has 1 atom stereocenters. The van der Waals surface area contributed by atoms with Crippen LogP contribution in [0.3, 0.4) is 0 Å². The van der Waals surface area contributed by atoms with Crippen molar-refractivity contribution in [1.29, 1.82) is 0 Å². The molecule has 1 saturated carbocycles. The van der Waals surface area contributed by atoms with Crippen molar-refractivity contribution in [3.05, 3.63) is 0 Å². The number of nitrogens with one attached hydrogen (secondary N) is 1. The summed E-state index contributed by atoms with van der Waals surface area (Å²) in [6, 6.07) is 0.647. The zero-order valence-electron chi connectivity index (χ0n) is 9.23. The largest absolute Gasteiger partial charge is 0.378 e. The maximum absolute atomic E-state index is 5.55. The van der Waals surface area contributed by atoms with Crippen LogP contribution in [0.25, 0.3) is 0 Å². The molecule has 1 fully saturated rings. The molecule has 0 amide bonds. The van der Waals surface area contributed by atoms with Crippen LogP contribution < -0.4 is 5.32 Å². The van der Waals surface area contributed by atoms with Gasteiger partial charge >= 0.3 is 0 Å². The van der Waals surface area contributed by atoms with E-state index < -0.39 is 0 Å². The summed E-state index contributed by atoms with van der Waals surface area (Å²) in [6.45, 7) is 5.55. The van der Waals surface area contributed by atoms with Crippen LogP contribution in [-0.4, -0.2) is 25.3 Å². The van der Waals surface area contributed by atoms with Gasteiger partial charge in [-0.05, 0) is 45.6 Å². The first kappa shape index (κ1) is 11.0. The van der Waals surface area contributed by atoms with Crippen LogP contribution >= 0.6 is 0 Å². The lowest BCUT2D eigenvalue weighted by Gasteiger charge is -2.40. The molecule has 1 rings (SSSR count). The zero-order chi connectivity index (χ0) is 9.73. The minimum absolute atomic E-state index is 0.237.